The zero-order chi connectivity index (χ0) is 8.27. The highest BCUT2D eigenvalue weighted by Gasteiger charge is 2.09. The van der Waals surface area contributed by atoms with E-state index in [-0.39, 0.29) is 12.6 Å². The van der Waals surface area contributed by atoms with Crippen LogP contribution in [0.1, 0.15) is 23.4 Å². The summed E-state index contributed by atoms with van der Waals surface area (Å²) >= 11 is 1.62. The molecule has 0 amide bonds. The zero-order valence-electron chi connectivity index (χ0n) is 6.58. The average molecular weight is 171 g/mol. The fraction of sp³-hybridized carbons (Fsp3) is 0.500. The van der Waals surface area contributed by atoms with E-state index in [0.717, 1.165) is 11.3 Å². The van der Waals surface area contributed by atoms with Crippen LogP contribution in [-0.2, 0) is 6.42 Å². The predicted octanol–water partition coefficient (Wildman–Crippen LogP) is 1.30. The minimum absolute atomic E-state index is 0.0352. The lowest BCUT2D eigenvalue weighted by Crippen LogP contribution is -2.14. The lowest BCUT2D eigenvalue weighted by molar-refractivity contribution is 0.269. The molecular formula is C8H13NOS. The average Bonchev–Trinajstić information content (AvgIpc) is 2.50. The number of nitrogens with two attached hydrogens (primary N) is 1. The molecule has 2 nitrogen and oxygen atoms in total. The maximum atomic E-state index is 8.81. The van der Waals surface area contributed by atoms with E-state index >= 15 is 0 Å². The second kappa shape index (κ2) is 3.85. The summed E-state index contributed by atoms with van der Waals surface area (Å²) < 4.78 is 0. The van der Waals surface area contributed by atoms with Gasteiger partial charge in [-0.25, -0.2) is 0 Å². The SMILES string of the molecule is CCc1ccsc1[C@H](N)CO. The second-order valence-electron chi connectivity index (χ2n) is 2.45. The first kappa shape index (κ1) is 8.71. The third-order valence-corrected chi connectivity index (χ3v) is 2.79. The summed E-state index contributed by atoms with van der Waals surface area (Å²) in [6.45, 7) is 2.13. The number of aliphatic hydroxyl groups is 1. The maximum Gasteiger partial charge on any atom is 0.0632 e. The van der Waals surface area contributed by atoms with Gasteiger partial charge in [0.2, 0.25) is 0 Å². The first-order chi connectivity index (χ1) is 5.29. The monoisotopic (exact) mass is 171 g/mol. The highest BCUT2D eigenvalue weighted by Crippen LogP contribution is 2.22. The molecule has 11 heavy (non-hydrogen) atoms. The van der Waals surface area contributed by atoms with Crippen molar-refractivity contribution in [1.29, 1.82) is 0 Å². The van der Waals surface area contributed by atoms with Crippen molar-refractivity contribution in [2.45, 2.75) is 19.4 Å². The fourth-order valence-electron chi connectivity index (χ4n) is 1.05. The molecule has 0 fully saturated rings. The highest BCUT2D eigenvalue weighted by atomic mass is 32.1. The van der Waals surface area contributed by atoms with E-state index in [1.165, 1.54) is 5.56 Å². The number of aryl methyl sites for hydroxylation is 1. The van der Waals surface area contributed by atoms with E-state index < -0.39 is 0 Å². The summed E-state index contributed by atoms with van der Waals surface area (Å²) in [5.41, 5.74) is 6.94. The molecule has 0 aliphatic heterocycles. The molecule has 3 N–H and O–H groups in total. The Hall–Kier alpha value is -0.380. The van der Waals surface area contributed by atoms with Crippen molar-refractivity contribution < 1.29 is 5.11 Å². The molecule has 3 heteroatoms. The normalized spacial score (nSPS) is 13.4. The standard InChI is InChI=1S/C8H13NOS/c1-2-6-3-4-11-8(6)7(9)5-10/h3-4,7,10H,2,5,9H2,1H3/t7-/m1/s1. The third-order valence-electron chi connectivity index (χ3n) is 1.70. The van der Waals surface area contributed by atoms with Gasteiger partial charge in [0.15, 0.2) is 0 Å². The van der Waals surface area contributed by atoms with Gasteiger partial charge >= 0.3 is 0 Å². The summed E-state index contributed by atoms with van der Waals surface area (Å²) in [7, 11) is 0. The van der Waals surface area contributed by atoms with Gasteiger partial charge in [-0.2, -0.15) is 0 Å². The lowest BCUT2D eigenvalue weighted by Gasteiger charge is -2.07. The number of hydrogen-bond acceptors (Lipinski definition) is 3. The van der Waals surface area contributed by atoms with Crippen LogP contribution in [-0.4, -0.2) is 11.7 Å². The van der Waals surface area contributed by atoms with Gasteiger partial charge in [0, 0.05) is 4.88 Å². The molecule has 1 rings (SSSR count). The van der Waals surface area contributed by atoms with Crippen molar-refractivity contribution >= 4 is 11.3 Å². The van der Waals surface area contributed by atoms with E-state index in [1.807, 2.05) is 5.38 Å². The number of thiophene rings is 1. The Labute approximate surface area is 70.7 Å². The summed E-state index contributed by atoms with van der Waals surface area (Å²) in [4.78, 5) is 1.12. The number of aliphatic hydroxyl groups excluding tert-OH is 1. The van der Waals surface area contributed by atoms with Crippen LogP contribution in [0.2, 0.25) is 0 Å². The molecule has 1 heterocycles. The molecule has 1 aromatic rings. The van der Waals surface area contributed by atoms with Gasteiger partial charge in [0.25, 0.3) is 0 Å². The van der Waals surface area contributed by atoms with E-state index in [1.54, 1.807) is 11.3 Å². The van der Waals surface area contributed by atoms with Gasteiger partial charge in [-0.1, -0.05) is 6.92 Å². The van der Waals surface area contributed by atoms with Crippen LogP contribution in [0.15, 0.2) is 11.4 Å². The van der Waals surface area contributed by atoms with Gasteiger partial charge in [0.05, 0.1) is 12.6 Å². The number of rotatable bonds is 3. The van der Waals surface area contributed by atoms with Gasteiger partial charge in [-0.15, -0.1) is 11.3 Å². The Balaban J connectivity index is 2.83. The van der Waals surface area contributed by atoms with Gasteiger partial charge < -0.3 is 10.8 Å². The fourth-order valence-corrected chi connectivity index (χ4v) is 2.04. The molecule has 62 valence electrons. The van der Waals surface area contributed by atoms with Crippen LogP contribution < -0.4 is 5.73 Å². The third kappa shape index (κ3) is 1.80. The van der Waals surface area contributed by atoms with Crippen molar-refractivity contribution in [2.24, 2.45) is 5.73 Å². The molecule has 0 saturated carbocycles. The van der Waals surface area contributed by atoms with Crippen molar-refractivity contribution in [2.75, 3.05) is 6.61 Å². The lowest BCUT2D eigenvalue weighted by atomic mass is 10.1. The summed E-state index contributed by atoms with van der Waals surface area (Å²) in [5, 5.41) is 10.8. The van der Waals surface area contributed by atoms with Crippen LogP contribution in [0.25, 0.3) is 0 Å². The van der Waals surface area contributed by atoms with Crippen molar-refractivity contribution in [1.82, 2.24) is 0 Å². The zero-order valence-corrected chi connectivity index (χ0v) is 7.40. The van der Waals surface area contributed by atoms with Gasteiger partial charge in [-0.3, -0.25) is 0 Å². The maximum absolute atomic E-state index is 8.81. The smallest absolute Gasteiger partial charge is 0.0632 e. The Morgan fingerprint density at radius 1 is 1.73 bits per heavy atom. The van der Waals surface area contributed by atoms with Crippen molar-refractivity contribution in [3.05, 3.63) is 21.9 Å². The summed E-state index contributed by atoms with van der Waals surface area (Å²) in [5.74, 6) is 0. The van der Waals surface area contributed by atoms with Crippen molar-refractivity contribution in [3.63, 3.8) is 0 Å². The van der Waals surface area contributed by atoms with E-state index in [4.69, 9.17) is 10.8 Å². The quantitative estimate of drug-likeness (QED) is 0.720. The molecule has 0 aromatic carbocycles. The minimum atomic E-state index is -0.190. The first-order valence-electron chi connectivity index (χ1n) is 3.72. The Morgan fingerprint density at radius 3 is 3.00 bits per heavy atom. The van der Waals surface area contributed by atoms with Crippen LogP contribution in [0.4, 0.5) is 0 Å². The Kier molecular flexibility index (Phi) is 3.05. The van der Waals surface area contributed by atoms with Gasteiger partial charge in [-0.05, 0) is 23.4 Å². The van der Waals surface area contributed by atoms with Crippen LogP contribution in [0, 0.1) is 0 Å². The summed E-state index contributed by atoms with van der Waals surface area (Å²) in [6.07, 6.45) is 0.993. The van der Waals surface area contributed by atoms with Crippen LogP contribution >= 0.6 is 11.3 Å². The van der Waals surface area contributed by atoms with E-state index in [0.29, 0.717) is 0 Å². The molecule has 0 unspecified atom stereocenters. The highest BCUT2D eigenvalue weighted by molar-refractivity contribution is 7.10. The molecule has 0 bridgehead atoms. The Morgan fingerprint density at radius 2 is 2.45 bits per heavy atom. The molecular weight excluding hydrogens is 158 g/mol. The molecule has 0 radical (unpaired) electrons. The summed E-state index contributed by atoms with van der Waals surface area (Å²) in [6, 6.07) is 1.88. The molecule has 1 aromatic heterocycles. The minimum Gasteiger partial charge on any atom is -0.394 e. The molecule has 0 saturated heterocycles. The molecule has 0 aliphatic rings. The number of hydrogen-bond donors (Lipinski definition) is 2. The van der Waals surface area contributed by atoms with E-state index in [9.17, 15) is 0 Å². The van der Waals surface area contributed by atoms with Crippen molar-refractivity contribution in [3.8, 4) is 0 Å². The van der Waals surface area contributed by atoms with Crippen LogP contribution in [0.5, 0.6) is 0 Å². The van der Waals surface area contributed by atoms with E-state index in [2.05, 4.69) is 13.0 Å². The molecule has 0 spiro atoms. The Bertz CT molecular complexity index is 222. The topological polar surface area (TPSA) is 46.2 Å². The largest absolute Gasteiger partial charge is 0.394 e. The first-order valence-corrected chi connectivity index (χ1v) is 4.60. The van der Waals surface area contributed by atoms with Crippen LogP contribution in [0.3, 0.4) is 0 Å². The predicted molar refractivity (Wildman–Crippen MR) is 47.7 cm³/mol. The molecule has 1 atom stereocenters. The second-order valence-corrected chi connectivity index (χ2v) is 3.40. The molecule has 0 aliphatic carbocycles. The van der Waals surface area contributed by atoms with Gasteiger partial charge in [0.1, 0.15) is 0 Å².